The van der Waals surface area contributed by atoms with E-state index in [1.54, 1.807) is 38.5 Å². The van der Waals surface area contributed by atoms with Crippen LogP contribution in [-0.4, -0.2) is 30.3 Å². The highest BCUT2D eigenvalue weighted by Gasteiger charge is 2.39. The summed E-state index contributed by atoms with van der Waals surface area (Å²) in [6.07, 6.45) is 7.22. The van der Waals surface area contributed by atoms with Gasteiger partial charge in [0, 0.05) is 18.0 Å². The molecule has 0 radical (unpaired) electrons. The largest absolute Gasteiger partial charge is 0.384 e. The molecule has 210 valence electrons. The zero-order valence-corrected chi connectivity index (χ0v) is 24.3. The Hall–Kier alpha value is -3.65. The van der Waals surface area contributed by atoms with Gasteiger partial charge >= 0.3 is 0 Å². The van der Waals surface area contributed by atoms with E-state index in [1.807, 2.05) is 12.1 Å². The van der Waals surface area contributed by atoms with Gasteiger partial charge in [0.1, 0.15) is 17.2 Å². The third kappa shape index (κ3) is 6.22. The number of aromatic nitrogens is 5. The van der Waals surface area contributed by atoms with Gasteiger partial charge in [-0.25, -0.2) is 13.8 Å². The second-order valence-corrected chi connectivity index (χ2v) is 12.3. The van der Waals surface area contributed by atoms with Crippen molar-refractivity contribution in [2.45, 2.75) is 78.7 Å². The SMILES string of the molecule is CCCc1cc(-c2c(F)cccc2F)nnc1[C@@](C)(CC(C)(C)C)c1cncc(-c2ccnc(C(C)(C)O)c2)n1. The van der Waals surface area contributed by atoms with Crippen molar-refractivity contribution in [1.29, 1.82) is 0 Å². The normalized spacial score (nSPS) is 13.8. The van der Waals surface area contributed by atoms with E-state index in [0.29, 0.717) is 35.6 Å². The van der Waals surface area contributed by atoms with E-state index in [0.717, 1.165) is 17.5 Å². The summed E-state index contributed by atoms with van der Waals surface area (Å²) in [4.78, 5) is 13.9. The van der Waals surface area contributed by atoms with Crippen LogP contribution in [-0.2, 0) is 17.4 Å². The number of aliphatic hydroxyl groups is 1. The number of hydrogen-bond acceptors (Lipinski definition) is 6. The molecule has 4 rings (SSSR count). The zero-order valence-electron chi connectivity index (χ0n) is 24.3. The summed E-state index contributed by atoms with van der Waals surface area (Å²) in [7, 11) is 0. The maximum atomic E-state index is 14.6. The summed E-state index contributed by atoms with van der Waals surface area (Å²) in [5.41, 5.74) is 2.27. The standard InChI is InChI=1S/C32H37F2N5O/c1-8-10-21-15-24(28-22(33)11-9-12-23(28)34)38-39-29(21)32(7,19-30(2,3)4)27-18-35-17-25(37-27)20-13-14-36-26(16-20)31(5,6)40/h9,11-18,40H,8,10,19H2,1-7H3/t32-/m0/s1. The van der Waals surface area contributed by atoms with Crippen LogP contribution in [0.3, 0.4) is 0 Å². The van der Waals surface area contributed by atoms with Crippen molar-refractivity contribution in [3.8, 4) is 22.5 Å². The molecule has 0 fully saturated rings. The Morgan fingerprint density at radius 2 is 1.55 bits per heavy atom. The number of halogens is 2. The predicted octanol–water partition coefficient (Wildman–Crippen LogP) is 7.20. The predicted molar refractivity (Wildman–Crippen MR) is 152 cm³/mol. The molecule has 4 aromatic rings. The molecular formula is C32H37F2N5O. The molecule has 0 aliphatic carbocycles. The molecule has 0 spiro atoms. The number of rotatable bonds is 8. The Balaban J connectivity index is 1.90. The Kier molecular flexibility index (Phi) is 8.13. The third-order valence-corrected chi connectivity index (χ3v) is 6.90. The molecule has 3 aromatic heterocycles. The van der Waals surface area contributed by atoms with Crippen LogP contribution < -0.4 is 0 Å². The minimum atomic E-state index is -1.11. The smallest absolute Gasteiger partial charge is 0.135 e. The van der Waals surface area contributed by atoms with E-state index in [4.69, 9.17) is 4.98 Å². The summed E-state index contributed by atoms with van der Waals surface area (Å²) in [6.45, 7) is 14.0. The highest BCUT2D eigenvalue weighted by molar-refractivity contribution is 5.62. The van der Waals surface area contributed by atoms with Gasteiger partial charge in [0.05, 0.1) is 45.6 Å². The topological polar surface area (TPSA) is 84.7 Å². The fourth-order valence-electron chi connectivity index (χ4n) is 5.27. The Labute approximate surface area is 235 Å². The van der Waals surface area contributed by atoms with Crippen molar-refractivity contribution in [2.75, 3.05) is 0 Å². The average Bonchev–Trinajstić information content (AvgIpc) is 2.87. The van der Waals surface area contributed by atoms with Gasteiger partial charge < -0.3 is 5.11 Å². The molecule has 6 nitrogen and oxygen atoms in total. The van der Waals surface area contributed by atoms with Gasteiger partial charge in [-0.1, -0.05) is 40.2 Å². The molecule has 1 atom stereocenters. The van der Waals surface area contributed by atoms with E-state index in [-0.39, 0.29) is 16.7 Å². The first-order chi connectivity index (χ1) is 18.7. The highest BCUT2D eigenvalue weighted by Crippen LogP contribution is 2.42. The molecule has 3 heterocycles. The molecule has 8 heteroatoms. The number of aryl methyl sites for hydroxylation is 1. The first kappa shape index (κ1) is 29.3. The Morgan fingerprint density at radius 3 is 2.17 bits per heavy atom. The first-order valence-electron chi connectivity index (χ1n) is 13.6. The molecule has 0 amide bonds. The van der Waals surface area contributed by atoms with Crippen LogP contribution in [0.4, 0.5) is 8.78 Å². The van der Waals surface area contributed by atoms with Crippen LogP contribution in [0.15, 0.2) is 55.0 Å². The monoisotopic (exact) mass is 545 g/mol. The molecular weight excluding hydrogens is 508 g/mol. The Bertz CT molecular complexity index is 1490. The third-order valence-electron chi connectivity index (χ3n) is 6.90. The van der Waals surface area contributed by atoms with E-state index in [1.165, 1.54) is 18.2 Å². The van der Waals surface area contributed by atoms with Crippen LogP contribution in [0.5, 0.6) is 0 Å². The lowest BCUT2D eigenvalue weighted by molar-refractivity contribution is 0.0739. The van der Waals surface area contributed by atoms with Gasteiger partial charge in [-0.15, -0.1) is 5.10 Å². The molecule has 0 bridgehead atoms. The second kappa shape index (κ2) is 11.1. The number of nitrogens with zero attached hydrogens (tertiary/aromatic N) is 5. The number of hydrogen-bond donors (Lipinski definition) is 1. The van der Waals surface area contributed by atoms with Crippen LogP contribution >= 0.6 is 0 Å². The van der Waals surface area contributed by atoms with E-state index in [2.05, 4.69) is 54.8 Å². The van der Waals surface area contributed by atoms with Gasteiger partial charge in [-0.2, -0.15) is 5.10 Å². The van der Waals surface area contributed by atoms with Gasteiger partial charge in [0.15, 0.2) is 0 Å². The maximum absolute atomic E-state index is 14.6. The summed E-state index contributed by atoms with van der Waals surface area (Å²) in [5, 5.41) is 19.5. The van der Waals surface area contributed by atoms with Crippen molar-refractivity contribution in [3.05, 3.63) is 89.3 Å². The van der Waals surface area contributed by atoms with Crippen LogP contribution in [0.1, 0.15) is 84.0 Å². The average molecular weight is 546 g/mol. The summed E-state index contributed by atoms with van der Waals surface area (Å²) in [5.74, 6) is -1.36. The van der Waals surface area contributed by atoms with Crippen molar-refractivity contribution in [1.82, 2.24) is 25.1 Å². The molecule has 0 saturated carbocycles. The summed E-state index contributed by atoms with van der Waals surface area (Å²) >= 11 is 0. The van der Waals surface area contributed by atoms with Gasteiger partial charge in [-0.05, 0) is 74.9 Å². The lowest BCUT2D eigenvalue weighted by atomic mass is 9.69. The minimum absolute atomic E-state index is 0.126. The van der Waals surface area contributed by atoms with Gasteiger partial charge in [-0.3, -0.25) is 9.97 Å². The van der Waals surface area contributed by atoms with Crippen molar-refractivity contribution < 1.29 is 13.9 Å². The summed E-state index contributed by atoms with van der Waals surface area (Å²) < 4.78 is 29.3. The zero-order chi connectivity index (χ0) is 29.3. The van der Waals surface area contributed by atoms with Crippen LogP contribution in [0.2, 0.25) is 0 Å². The highest BCUT2D eigenvalue weighted by atomic mass is 19.1. The summed E-state index contributed by atoms with van der Waals surface area (Å²) in [6, 6.07) is 9.19. The van der Waals surface area contributed by atoms with Gasteiger partial charge in [0.2, 0.25) is 0 Å². The first-order valence-corrected chi connectivity index (χ1v) is 13.6. The van der Waals surface area contributed by atoms with Crippen LogP contribution in [0.25, 0.3) is 22.5 Å². The number of pyridine rings is 1. The number of benzene rings is 1. The van der Waals surface area contributed by atoms with E-state index < -0.39 is 22.7 Å². The molecule has 0 aliphatic rings. The van der Waals surface area contributed by atoms with Crippen molar-refractivity contribution in [2.24, 2.45) is 5.41 Å². The molecule has 40 heavy (non-hydrogen) atoms. The lowest BCUT2D eigenvalue weighted by Crippen LogP contribution is -2.33. The van der Waals surface area contributed by atoms with Crippen molar-refractivity contribution in [3.63, 3.8) is 0 Å². The molecule has 1 N–H and O–H groups in total. The van der Waals surface area contributed by atoms with E-state index >= 15 is 0 Å². The lowest BCUT2D eigenvalue weighted by Gasteiger charge is -2.36. The fourth-order valence-corrected chi connectivity index (χ4v) is 5.27. The molecule has 0 unspecified atom stereocenters. The molecule has 0 aliphatic heterocycles. The Morgan fingerprint density at radius 1 is 0.850 bits per heavy atom. The molecule has 0 saturated heterocycles. The molecule has 1 aromatic carbocycles. The van der Waals surface area contributed by atoms with Gasteiger partial charge in [0.25, 0.3) is 0 Å². The van der Waals surface area contributed by atoms with Crippen LogP contribution in [0, 0.1) is 17.0 Å². The van der Waals surface area contributed by atoms with E-state index in [9.17, 15) is 13.9 Å². The minimum Gasteiger partial charge on any atom is -0.384 e. The maximum Gasteiger partial charge on any atom is 0.135 e. The quantitative estimate of drug-likeness (QED) is 0.252. The second-order valence-electron chi connectivity index (χ2n) is 12.3. The van der Waals surface area contributed by atoms with Crippen molar-refractivity contribution >= 4 is 0 Å². The fraction of sp³-hybridized carbons (Fsp3) is 0.406.